The van der Waals surface area contributed by atoms with Crippen LogP contribution in [-0.2, 0) is 18.4 Å². The van der Waals surface area contributed by atoms with Crippen molar-refractivity contribution in [3.05, 3.63) is 97.2 Å². The fourth-order valence-corrected chi connectivity index (χ4v) is 7.37. The van der Waals surface area contributed by atoms with Crippen molar-refractivity contribution in [3.8, 4) is 0 Å². The number of rotatable bonds is 44. The average Bonchev–Trinajstić information content (AvgIpc) is 3.24. The molecule has 0 aromatic carbocycles. The van der Waals surface area contributed by atoms with Crippen LogP contribution in [0.25, 0.3) is 0 Å². The number of likely N-dealkylation sites (N-methyl/N-ethyl adjacent to an activating group) is 1. The van der Waals surface area contributed by atoms with Crippen molar-refractivity contribution in [3.63, 3.8) is 0 Å². The second-order valence-electron chi connectivity index (χ2n) is 17.8. The van der Waals surface area contributed by atoms with Gasteiger partial charge in [0.15, 0.2) is 0 Å². The summed E-state index contributed by atoms with van der Waals surface area (Å²) in [6.45, 7) is 4.53. The summed E-state index contributed by atoms with van der Waals surface area (Å²) in [5.41, 5.74) is 0. The lowest BCUT2D eigenvalue weighted by atomic mass is 10.0. The number of aliphatic hydroxyl groups is 1. The van der Waals surface area contributed by atoms with Gasteiger partial charge in [-0.15, -0.1) is 0 Å². The highest BCUT2D eigenvalue weighted by Gasteiger charge is 2.27. The van der Waals surface area contributed by atoms with E-state index in [1.807, 2.05) is 27.2 Å². The summed E-state index contributed by atoms with van der Waals surface area (Å²) in [6.07, 6.45) is 63.8. The van der Waals surface area contributed by atoms with Crippen molar-refractivity contribution in [2.45, 2.75) is 199 Å². The highest BCUT2D eigenvalue weighted by Crippen LogP contribution is 2.43. The Balaban J connectivity index is 4.09. The van der Waals surface area contributed by atoms with Gasteiger partial charge in [0.1, 0.15) is 13.2 Å². The van der Waals surface area contributed by atoms with E-state index in [1.54, 1.807) is 6.08 Å². The molecule has 0 aliphatic rings. The summed E-state index contributed by atoms with van der Waals surface area (Å²) in [7, 11) is 1.53. The summed E-state index contributed by atoms with van der Waals surface area (Å²) < 4.78 is 23.5. The molecule has 0 bridgehead atoms. The highest BCUT2D eigenvalue weighted by atomic mass is 31.2. The molecule has 0 fully saturated rings. The molecule has 3 unspecified atom stereocenters. The third kappa shape index (κ3) is 47.2. The molecule has 0 aromatic heterocycles. The van der Waals surface area contributed by atoms with Gasteiger partial charge in [-0.1, -0.05) is 195 Å². The molecular formula is C54H96N2O6P+. The second-order valence-corrected chi connectivity index (χ2v) is 19.2. The minimum Gasteiger partial charge on any atom is -0.387 e. The molecule has 0 saturated heterocycles. The Kier molecular flexibility index (Phi) is 42.8. The van der Waals surface area contributed by atoms with E-state index in [0.717, 1.165) is 83.5 Å². The number of unbranched alkanes of at least 4 members (excludes halogenated alkanes) is 17. The molecule has 0 heterocycles. The number of nitrogens with zero attached hydrogens (tertiary/aromatic N) is 1. The van der Waals surface area contributed by atoms with Crippen LogP contribution in [0.2, 0.25) is 0 Å². The molecule has 0 spiro atoms. The molecular weight excluding hydrogens is 804 g/mol. The lowest BCUT2D eigenvalue weighted by Crippen LogP contribution is -2.45. The Morgan fingerprint density at radius 2 is 0.921 bits per heavy atom. The predicted molar refractivity (Wildman–Crippen MR) is 272 cm³/mol. The number of hydrogen-bond acceptors (Lipinski definition) is 5. The standard InChI is InChI=1S/C54H95N2O6P/c1-6-8-10-12-14-16-18-19-20-21-22-23-24-25-26-27-28-29-30-31-32-33-34-35-36-37-38-40-42-44-46-48-54(58)55-52(51-62-63(59,60)61-50-49-56(3,4)5)53(57)47-45-43-41-39-17-15-13-11-9-7-2/h8-11,14,16-17,19-20,22-23,25-26,39,45,47,52-53,57H,6-7,12-13,15,18,21,24,27-38,40-44,46,48-51H2,1-5H3,(H-,55,58,59,60)/p+1/b10-8-,11-9+,16-14-,20-19-,23-22-,26-25-,39-17+,47-45+. The van der Waals surface area contributed by atoms with Gasteiger partial charge in [-0.05, 0) is 83.5 Å². The zero-order chi connectivity index (χ0) is 46.4. The maximum atomic E-state index is 12.9. The number of hydrogen-bond donors (Lipinski definition) is 3. The Hall–Kier alpha value is -2.58. The molecule has 0 aliphatic carbocycles. The molecule has 9 heteroatoms. The van der Waals surface area contributed by atoms with Gasteiger partial charge in [-0.3, -0.25) is 13.8 Å². The van der Waals surface area contributed by atoms with Crippen LogP contribution in [0.5, 0.6) is 0 Å². The van der Waals surface area contributed by atoms with E-state index in [-0.39, 0.29) is 19.1 Å². The van der Waals surface area contributed by atoms with Crippen LogP contribution in [0.3, 0.4) is 0 Å². The SMILES string of the molecule is CC/C=C\C/C=C\C/C=C\C/C=C\C/C=C\CCCCCCCCCCCCCCCCCC(=O)NC(COP(=O)(O)OCC[N+](C)(C)C)C(O)/C=C/CC/C=C/CC/C=C/CC. The normalized spacial score (nSPS) is 15.0. The third-order valence-electron chi connectivity index (χ3n) is 10.5. The minimum absolute atomic E-state index is 0.0494. The first-order valence-electron chi connectivity index (χ1n) is 25.1. The van der Waals surface area contributed by atoms with Crippen LogP contribution < -0.4 is 5.32 Å². The molecule has 8 nitrogen and oxygen atoms in total. The first kappa shape index (κ1) is 60.4. The number of carbonyl (C=O) groups is 1. The van der Waals surface area contributed by atoms with Crippen LogP contribution in [0.4, 0.5) is 0 Å². The monoisotopic (exact) mass is 900 g/mol. The second kappa shape index (κ2) is 44.6. The zero-order valence-electron chi connectivity index (χ0n) is 41.0. The number of amides is 1. The quantitative estimate of drug-likeness (QED) is 0.0243. The smallest absolute Gasteiger partial charge is 0.387 e. The molecule has 0 aliphatic heterocycles. The maximum absolute atomic E-state index is 12.9. The number of allylic oxidation sites excluding steroid dienone is 15. The molecule has 63 heavy (non-hydrogen) atoms. The topological polar surface area (TPSA) is 105 Å². The van der Waals surface area contributed by atoms with Crippen LogP contribution in [0, 0.1) is 0 Å². The molecule has 0 saturated carbocycles. The molecule has 3 atom stereocenters. The summed E-state index contributed by atoms with van der Waals surface area (Å²) in [6, 6.07) is -0.872. The lowest BCUT2D eigenvalue weighted by molar-refractivity contribution is -0.870. The van der Waals surface area contributed by atoms with E-state index in [4.69, 9.17) is 9.05 Å². The number of quaternary nitrogens is 1. The third-order valence-corrected chi connectivity index (χ3v) is 11.5. The van der Waals surface area contributed by atoms with Gasteiger partial charge in [-0.25, -0.2) is 4.57 Å². The van der Waals surface area contributed by atoms with Crippen molar-refractivity contribution < 1.29 is 32.9 Å². The largest absolute Gasteiger partial charge is 0.472 e. The van der Waals surface area contributed by atoms with Crippen molar-refractivity contribution in [2.75, 3.05) is 40.9 Å². The molecule has 0 radical (unpaired) electrons. The average molecular weight is 900 g/mol. The summed E-state index contributed by atoms with van der Waals surface area (Å²) >= 11 is 0. The van der Waals surface area contributed by atoms with Crippen molar-refractivity contribution in [2.24, 2.45) is 0 Å². The first-order valence-corrected chi connectivity index (χ1v) is 26.6. The molecule has 0 rings (SSSR count). The zero-order valence-corrected chi connectivity index (χ0v) is 41.9. The summed E-state index contributed by atoms with van der Waals surface area (Å²) in [5, 5.41) is 13.8. The molecule has 1 amide bonds. The maximum Gasteiger partial charge on any atom is 0.472 e. The molecule has 3 N–H and O–H groups in total. The van der Waals surface area contributed by atoms with Gasteiger partial charge in [-0.2, -0.15) is 0 Å². The van der Waals surface area contributed by atoms with Gasteiger partial charge in [0.05, 0.1) is 39.9 Å². The summed E-state index contributed by atoms with van der Waals surface area (Å²) in [5.74, 6) is -0.198. The van der Waals surface area contributed by atoms with E-state index in [9.17, 15) is 19.4 Å². The predicted octanol–water partition coefficient (Wildman–Crippen LogP) is 14.7. The van der Waals surface area contributed by atoms with Crippen molar-refractivity contribution >= 4 is 13.7 Å². The van der Waals surface area contributed by atoms with Crippen LogP contribution in [0.15, 0.2) is 97.2 Å². The first-order chi connectivity index (χ1) is 30.5. The van der Waals surface area contributed by atoms with Crippen LogP contribution in [0.1, 0.15) is 187 Å². The Labute approximate surface area is 388 Å². The number of phosphoric ester groups is 1. The fraction of sp³-hybridized carbons (Fsp3) is 0.685. The van der Waals surface area contributed by atoms with E-state index in [1.165, 1.54) is 83.5 Å². The Morgan fingerprint density at radius 3 is 1.40 bits per heavy atom. The van der Waals surface area contributed by atoms with Gasteiger partial charge in [0.2, 0.25) is 5.91 Å². The van der Waals surface area contributed by atoms with Crippen molar-refractivity contribution in [1.82, 2.24) is 5.32 Å². The lowest BCUT2D eigenvalue weighted by Gasteiger charge is -2.25. The van der Waals surface area contributed by atoms with Gasteiger partial charge < -0.3 is 19.8 Å². The van der Waals surface area contributed by atoms with Crippen LogP contribution in [-0.4, -0.2) is 73.4 Å². The van der Waals surface area contributed by atoms with E-state index in [2.05, 4.69) is 104 Å². The Bertz CT molecular complexity index is 1340. The van der Waals surface area contributed by atoms with Crippen LogP contribution >= 0.6 is 7.82 Å². The summed E-state index contributed by atoms with van der Waals surface area (Å²) in [4.78, 5) is 23.1. The van der Waals surface area contributed by atoms with Gasteiger partial charge in [0, 0.05) is 6.42 Å². The van der Waals surface area contributed by atoms with E-state index in [0.29, 0.717) is 17.4 Å². The Morgan fingerprint density at radius 1 is 0.540 bits per heavy atom. The van der Waals surface area contributed by atoms with Gasteiger partial charge >= 0.3 is 7.82 Å². The molecule has 0 aromatic rings. The molecule has 362 valence electrons. The number of nitrogens with one attached hydrogen (secondary N) is 1. The number of carbonyl (C=O) groups excluding carboxylic acids is 1. The van der Waals surface area contributed by atoms with Crippen molar-refractivity contribution in [1.29, 1.82) is 0 Å². The number of aliphatic hydroxyl groups excluding tert-OH is 1. The van der Waals surface area contributed by atoms with E-state index >= 15 is 0 Å². The fourth-order valence-electron chi connectivity index (χ4n) is 6.64. The minimum atomic E-state index is -4.35. The van der Waals surface area contributed by atoms with Gasteiger partial charge in [0.25, 0.3) is 0 Å². The van der Waals surface area contributed by atoms with E-state index < -0.39 is 20.0 Å². The highest BCUT2D eigenvalue weighted by molar-refractivity contribution is 7.47. The number of phosphoric acid groups is 1.